The molecule has 0 aliphatic carbocycles. The Hall–Kier alpha value is -1.65. The summed E-state index contributed by atoms with van der Waals surface area (Å²) in [5.41, 5.74) is 0.849. The third-order valence-electron chi connectivity index (χ3n) is 2.31. The minimum absolute atomic E-state index is 0.0350. The summed E-state index contributed by atoms with van der Waals surface area (Å²) in [6.07, 6.45) is 0. The van der Waals surface area contributed by atoms with E-state index >= 15 is 0 Å². The zero-order valence-corrected chi connectivity index (χ0v) is 10.2. The van der Waals surface area contributed by atoms with E-state index < -0.39 is 0 Å². The van der Waals surface area contributed by atoms with Gasteiger partial charge in [0.15, 0.2) is 6.54 Å². The van der Waals surface area contributed by atoms with Crippen molar-refractivity contribution in [3.63, 3.8) is 0 Å². The number of nitrogens with one attached hydrogen (secondary N) is 1. The van der Waals surface area contributed by atoms with Crippen molar-refractivity contribution in [3.8, 4) is 0 Å². The molecule has 1 amide bonds. The molecule has 0 fully saturated rings. The van der Waals surface area contributed by atoms with Gasteiger partial charge in [-0.15, -0.1) is 11.3 Å². The largest absolute Gasteiger partial charge is 0.334 e. The third kappa shape index (κ3) is 4.01. The van der Waals surface area contributed by atoms with Crippen LogP contribution in [0.15, 0.2) is 47.8 Å². The van der Waals surface area contributed by atoms with Crippen molar-refractivity contribution in [1.29, 1.82) is 0 Å². The first kappa shape index (κ1) is 11.8. The summed E-state index contributed by atoms with van der Waals surface area (Å²) in [4.78, 5) is 12.9. The molecule has 0 unspecified atom stereocenters. The molecule has 17 heavy (non-hydrogen) atoms. The molecular formula is C13H15N2OS+. The molecule has 0 aliphatic heterocycles. The Kier molecular flexibility index (Phi) is 4.30. The van der Waals surface area contributed by atoms with Gasteiger partial charge in [0.25, 0.3) is 5.91 Å². The number of carbonyl (C=O) groups excluding carboxylic acids is 1. The van der Waals surface area contributed by atoms with Gasteiger partial charge in [-0.2, -0.15) is 0 Å². The normalized spacial score (nSPS) is 10.1. The number of amides is 1. The summed E-state index contributed by atoms with van der Waals surface area (Å²) >= 11 is 1.72. The average molecular weight is 247 g/mol. The van der Waals surface area contributed by atoms with Gasteiger partial charge in [0, 0.05) is 5.69 Å². The van der Waals surface area contributed by atoms with E-state index in [4.69, 9.17) is 0 Å². The fourth-order valence-electron chi connectivity index (χ4n) is 1.51. The number of nitrogens with two attached hydrogens (primary N) is 1. The second kappa shape index (κ2) is 6.18. The molecule has 2 rings (SSSR count). The number of anilines is 1. The van der Waals surface area contributed by atoms with Gasteiger partial charge in [-0.05, 0) is 23.6 Å². The molecule has 88 valence electrons. The van der Waals surface area contributed by atoms with E-state index in [2.05, 4.69) is 11.4 Å². The second-order valence-electron chi connectivity index (χ2n) is 3.69. The van der Waals surface area contributed by atoms with Gasteiger partial charge in [0.2, 0.25) is 0 Å². The lowest BCUT2D eigenvalue weighted by Crippen LogP contribution is -2.84. The molecule has 0 atom stereocenters. The topological polar surface area (TPSA) is 45.7 Å². The molecular weight excluding hydrogens is 232 g/mol. The molecule has 0 bridgehead atoms. The minimum atomic E-state index is 0.0350. The zero-order chi connectivity index (χ0) is 11.9. The van der Waals surface area contributed by atoms with Crippen LogP contribution in [0.2, 0.25) is 0 Å². The van der Waals surface area contributed by atoms with E-state index in [9.17, 15) is 4.79 Å². The highest BCUT2D eigenvalue weighted by molar-refractivity contribution is 7.09. The van der Waals surface area contributed by atoms with Gasteiger partial charge in [-0.25, -0.2) is 0 Å². The van der Waals surface area contributed by atoms with Crippen molar-refractivity contribution in [2.45, 2.75) is 6.54 Å². The summed E-state index contributed by atoms with van der Waals surface area (Å²) in [5.74, 6) is 0.0350. The monoisotopic (exact) mass is 247 g/mol. The molecule has 0 saturated carbocycles. The van der Waals surface area contributed by atoms with Crippen LogP contribution in [0.4, 0.5) is 5.69 Å². The predicted octanol–water partition coefficient (Wildman–Crippen LogP) is 1.45. The molecule has 0 saturated heterocycles. The highest BCUT2D eigenvalue weighted by atomic mass is 32.1. The smallest absolute Gasteiger partial charge is 0.279 e. The fraction of sp³-hybridized carbons (Fsp3) is 0.154. The molecule has 1 aromatic heterocycles. The summed E-state index contributed by atoms with van der Waals surface area (Å²) in [5, 5.41) is 6.91. The maximum absolute atomic E-state index is 11.6. The van der Waals surface area contributed by atoms with E-state index in [-0.39, 0.29) is 5.91 Å². The Labute approximate surface area is 104 Å². The van der Waals surface area contributed by atoms with Crippen LogP contribution < -0.4 is 10.6 Å². The lowest BCUT2D eigenvalue weighted by Gasteiger charge is -2.03. The minimum Gasteiger partial charge on any atom is -0.334 e. The van der Waals surface area contributed by atoms with Gasteiger partial charge in [0.05, 0.1) is 4.88 Å². The first-order valence-electron chi connectivity index (χ1n) is 5.53. The Morgan fingerprint density at radius 3 is 2.71 bits per heavy atom. The zero-order valence-electron chi connectivity index (χ0n) is 9.43. The highest BCUT2D eigenvalue weighted by Gasteiger charge is 2.04. The van der Waals surface area contributed by atoms with Crippen LogP contribution in [0.1, 0.15) is 4.88 Å². The second-order valence-corrected chi connectivity index (χ2v) is 4.72. The SMILES string of the molecule is O=C(C[NH2+]Cc1cccs1)Nc1ccccc1. The van der Waals surface area contributed by atoms with E-state index in [1.165, 1.54) is 4.88 Å². The first-order chi connectivity index (χ1) is 8.34. The van der Waals surface area contributed by atoms with Crippen LogP contribution in [0.25, 0.3) is 0 Å². The maximum Gasteiger partial charge on any atom is 0.279 e. The van der Waals surface area contributed by atoms with Crippen molar-refractivity contribution in [2.75, 3.05) is 11.9 Å². The Balaban J connectivity index is 1.71. The quantitative estimate of drug-likeness (QED) is 0.825. The summed E-state index contributed by atoms with van der Waals surface area (Å²) in [6.45, 7) is 1.31. The number of para-hydroxylation sites is 1. The lowest BCUT2D eigenvalue weighted by molar-refractivity contribution is -0.659. The molecule has 0 spiro atoms. The van der Waals surface area contributed by atoms with E-state index in [0.29, 0.717) is 6.54 Å². The first-order valence-corrected chi connectivity index (χ1v) is 6.41. The van der Waals surface area contributed by atoms with Gasteiger partial charge in [0.1, 0.15) is 6.54 Å². The number of thiophene rings is 1. The molecule has 2 aromatic rings. The van der Waals surface area contributed by atoms with Crippen LogP contribution in [-0.4, -0.2) is 12.5 Å². The van der Waals surface area contributed by atoms with Crippen molar-refractivity contribution < 1.29 is 10.1 Å². The molecule has 3 N–H and O–H groups in total. The number of quaternary nitrogens is 1. The summed E-state index contributed by atoms with van der Waals surface area (Å²) in [6, 6.07) is 13.6. The highest BCUT2D eigenvalue weighted by Crippen LogP contribution is 2.05. The van der Waals surface area contributed by atoms with Gasteiger partial charge in [-0.3, -0.25) is 4.79 Å². The van der Waals surface area contributed by atoms with Crippen molar-refractivity contribution in [1.82, 2.24) is 0 Å². The Morgan fingerprint density at radius 2 is 2.00 bits per heavy atom. The predicted molar refractivity (Wildman–Crippen MR) is 69.9 cm³/mol. The number of benzene rings is 1. The third-order valence-corrected chi connectivity index (χ3v) is 3.21. The maximum atomic E-state index is 11.6. The number of rotatable bonds is 5. The average Bonchev–Trinajstić information content (AvgIpc) is 2.83. The summed E-state index contributed by atoms with van der Waals surface area (Å²) < 4.78 is 0. The summed E-state index contributed by atoms with van der Waals surface area (Å²) in [7, 11) is 0. The molecule has 0 radical (unpaired) electrons. The van der Waals surface area contributed by atoms with Crippen LogP contribution in [0.5, 0.6) is 0 Å². The number of carbonyl (C=O) groups is 1. The van der Waals surface area contributed by atoms with E-state index in [0.717, 1.165) is 12.2 Å². The standard InChI is InChI=1S/C13H14N2OS/c16-13(15-11-5-2-1-3-6-11)10-14-9-12-7-4-8-17-12/h1-8,14H,9-10H2,(H,15,16)/p+1. The van der Waals surface area contributed by atoms with E-state index in [1.54, 1.807) is 11.3 Å². The van der Waals surface area contributed by atoms with Gasteiger partial charge in [-0.1, -0.05) is 24.3 Å². The van der Waals surface area contributed by atoms with Crippen LogP contribution >= 0.6 is 11.3 Å². The van der Waals surface area contributed by atoms with Gasteiger partial charge < -0.3 is 10.6 Å². The lowest BCUT2D eigenvalue weighted by atomic mass is 10.3. The van der Waals surface area contributed by atoms with Crippen molar-refractivity contribution >= 4 is 22.9 Å². The van der Waals surface area contributed by atoms with Gasteiger partial charge >= 0.3 is 0 Å². The van der Waals surface area contributed by atoms with Crippen LogP contribution in [-0.2, 0) is 11.3 Å². The molecule has 0 aliphatic rings. The molecule has 3 nitrogen and oxygen atoms in total. The van der Waals surface area contributed by atoms with Crippen LogP contribution in [0.3, 0.4) is 0 Å². The van der Waals surface area contributed by atoms with E-state index in [1.807, 2.05) is 47.1 Å². The number of hydrogen-bond donors (Lipinski definition) is 2. The Bertz CT molecular complexity index is 454. The number of hydrogen-bond acceptors (Lipinski definition) is 2. The molecule has 1 heterocycles. The Morgan fingerprint density at radius 1 is 1.18 bits per heavy atom. The van der Waals surface area contributed by atoms with Crippen molar-refractivity contribution in [2.24, 2.45) is 0 Å². The molecule has 4 heteroatoms. The van der Waals surface area contributed by atoms with Crippen molar-refractivity contribution in [3.05, 3.63) is 52.7 Å². The fourth-order valence-corrected chi connectivity index (χ4v) is 2.21. The van der Waals surface area contributed by atoms with Crippen LogP contribution in [0, 0.1) is 0 Å². The molecule has 1 aromatic carbocycles.